The van der Waals surface area contributed by atoms with Crippen LogP contribution in [0.1, 0.15) is 30.2 Å². The van der Waals surface area contributed by atoms with Gasteiger partial charge in [0.1, 0.15) is 16.4 Å². The fourth-order valence-electron chi connectivity index (χ4n) is 1.32. The number of thiazole rings is 1. The summed E-state index contributed by atoms with van der Waals surface area (Å²) in [5.74, 6) is 0. The summed E-state index contributed by atoms with van der Waals surface area (Å²) in [7, 11) is 0. The Bertz CT molecular complexity index is 449. The fraction of sp³-hybridized carbons (Fsp3) is 0.500. The molecule has 0 saturated heterocycles. The molecule has 0 saturated carbocycles. The molecule has 0 unspecified atom stereocenters. The molecule has 16 heavy (non-hydrogen) atoms. The summed E-state index contributed by atoms with van der Waals surface area (Å²) in [6, 6.07) is 0. The van der Waals surface area contributed by atoms with Crippen LogP contribution in [0, 0.1) is 6.92 Å². The highest BCUT2D eigenvalue weighted by Gasteiger charge is 2.23. The van der Waals surface area contributed by atoms with E-state index in [0.717, 1.165) is 16.4 Å². The standard InChI is InChI=1S/C10H14N4OS/c1-7-8(14-15-13-7)6-12-10(2,3)9-11-4-5-16-9/h4-5,12H,6H2,1-3H3. The molecule has 1 N–H and O–H groups in total. The Morgan fingerprint density at radius 2 is 2.25 bits per heavy atom. The number of rotatable bonds is 4. The van der Waals surface area contributed by atoms with Gasteiger partial charge in [0.25, 0.3) is 0 Å². The van der Waals surface area contributed by atoms with Crippen LogP contribution in [0.25, 0.3) is 0 Å². The molecule has 0 aliphatic heterocycles. The molecule has 0 fully saturated rings. The van der Waals surface area contributed by atoms with Crippen LogP contribution in [0.3, 0.4) is 0 Å². The first-order valence-electron chi connectivity index (χ1n) is 5.02. The van der Waals surface area contributed by atoms with E-state index in [-0.39, 0.29) is 5.54 Å². The zero-order valence-electron chi connectivity index (χ0n) is 9.52. The van der Waals surface area contributed by atoms with Gasteiger partial charge in [-0.05, 0) is 20.8 Å². The van der Waals surface area contributed by atoms with Crippen LogP contribution in [-0.2, 0) is 12.1 Å². The minimum absolute atomic E-state index is 0.167. The Hall–Kier alpha value is -1.27. The molecule has 86 valence electrons. The normalized spacial score (nSPS) is 11.9. The first-order valence-corrected chi connectivity index (χ1v) is 5.90. The van der Waals surface area contributed by atoms with E-state index in [0.29, 0.717) is 6.54 Å². The van der Waals surface area contributed by atoms with Crippen LogP contribution in [0.15, 0.2) is 16.2 Å². The Morgan fingerprint density at radius 1 is 1.44 bits per heavy atom. The van der Waals surface area contributed by atoms with Gasteiger partial charge in [-0.1, -0.05) is 10.3 Å². The summed E-state index contributed by atoms with van der Waals surface area (Å²) >= 11 is 1.64. The molecule has 2 aromatic rings. The lowest BCUT2D eigenvalue weighted by Crippen LogP contribution is -2.36. The van der Waals surface area contributed by atoms with Gasteiger partial charge in [-0.3, -0.25) is 5.32 Å². The van der Waals surface area contributed by atoms with Gasteiger partial charge in [-0.2, -0.15) is 0 Å². The van der Waals surface area contributed by atoms with Crippen LogP contribution in [0.2, 0.25) is 0 Å². The van der Waals surface area contributed by atoms with Gasteiger partial charge in [0.15, 0.2) is 0 Å². The predicted molar refractivity (Wildman–Crippen MR) is 61.0 cm³/mol. The van der Waals surface area contributed by atoms with E-state index in [1.54, 1.807) is 11.3 Å². The predicted octanol–water partition coefficient (Wildman–Crippen LogP) is 1.86. The molecule has 0 aliphatic rings. The lowest BCUT2D eigenvalue weighted by molar-refractivity contribution is 0.297. The maximum absolute atomic E-state index is 4.65. The number of hydrogen-bond donors (Lipinski definition) is 1. The van der Waals surface area contributed by atoms with Gasteiger partial charge in [0.05, 0.1) is 5.54 Å². The van der Waals surface area contributed by atoms with Crippen LogP contribution < -0.4 is 5.32 Å². The van der Waals surface area contributed by atoms with Crippen LogP contribution in [0.5, 0.6) is 0 Å². The van der Waals surface area contributed by atoms with E-state index in [2.05, 4.69) is 39.1 Å². The van der Waals surface area contributed by atoms with Gasteiger partial charge in [0.2, 0.25) is 0 Å². The maximum atomic E-state index is 4.65. The molecule has 6 heteroatoms. The highest BCUT2D eigenvalue weighted by Crippen LogP contribution is 2.22. The van der Waals surface area contributed by atoms with Crippen molar-refractivity contribution in [3.8, 4) is 0 Å². The molecule has 0 bridgehead atoms. The topological polar surface area (TPSA) is 63.8 Å². The van der Waals surface area contributed by atoms with E-state index in [9.17, 15) is 0 Å². The monoisotopic (exact) mass is 238 g/mol. The second-order valence-corrected chi connectivity index (χ2v) is 5.01. The smallest absolute Gasteiger partial charge is 0.121 e. The van der Waals surface area contributed by atoms with Crippen molar-refractivity contribution < 1.29 is 4.63 Å². The summed E-state index contributed by atoms with van der Waals surface area (Å²) in [4.78, 5) is 4.31. The summed E-state index contributed by atoms with van der Waals surface area (Å²) in [6.45, 7) is 6.69. The second-order valence-electron chi connectivity index (χ2n) is 4.11. The quantitative estimate of drug-likeness (QED) is 0.880. The SMILES string of the molecule is Cc1nonc1CNC(C)(C)c1nccs1. The molecule has 0 amide bonds. The van der Waals surface area contributed by atoms with Crippen molar-refractivity contribution in [1.82, 2.24) is 20.6 Å². The van der Waals surface area contributed by atoms with Crippen molar-refractivity contribution in [3.63, 3.8) is 0 Å². The lowest BCUT2D eigenvalue weighted by atomic mass is 10.1. The average molecular weight is 238 g/mol. The van der Waals surface area contributed by atoms with E-state index >= 15 is 0 Å². The van der Waals surface area contributed by atoms with Crippen molar-refractivity contribution in [2.45, 2.75) is 32.9 Å². The zero-order chi connectivity index (χ0) is 11.6. The molecule has 0 radical (unpaired) electrons. The van der Waals surface area contributed by atoms with Crippen LogP contribution >= 0.6 is 11.3 Å². The Morgan fingerprint density at radius 3 is 2.81 bits per heavy atom. The van der Waals surface area contributed by atoms with Gasteiger partial charge < -0.3 is 0 Å². The molecule has 2 heterocycles. The van der Waals surface area contributed by atoms with Crippen LogP contribution in [-0.4, -0.2) is 15.3 Å². The Labute approximate surface area is 97.9 Å². The number of aryl methyl sites for hydroxylation is 1. The largest absolute Gasteiger partial charge is 0.300 e. The van der Waals surface area contributed by atoms with Gasteiger partial charge in [-0.25, -0.2) is 9.61 Å². The molecule has 2 aromatic heterocycles. The molecule has 0 spiro atoms. The first kappa shape index (κ1) is 11.2. The van der Waals surface area contributed by atoms with Gasteiger partial charge in [-0.15, -0.1) is 11.3 Å². The number of nitrogens with one attached hydrogen (secondary N) is 1. The molecule has 2 rings (SSSR count). The summed E-state index contributed by atoms with van der Waals surface area (Å²) in [6.07, 6.45) is 1.81. The first-order chi connectivity index (χ1) is 7.59. The third kappa shape index (κ3) is 2.28. The van der Waals surface area contributed by atoms with Crippen molar-refractivity contribution in [3.05, 3.63) is 28.0 Å². The molecule has 0 aliphatic carbocycles. The molecule has 0 atom stereocenters. The van der Waals surface area contributed by atoms with Gasteiger partial charge in [0, 0.05) is 18.1 Å². The molecular formula is C10H14N4OS. The Balaban J connectivity index is 2.03. The van der Waals surface area contributed by atoms with Crippen molar-refractivity contribution in [2.24, 2.45) is 0 Å². The summed E-state index contributed by atoms with van der Waals surface area (Å²) in [5, 5.41) is 14.0. The Kier molecular flexibility index (Phi) is 3.02. The average Bonchev–Trinajstić information content (AvgIpc) is 2.85. The van der Waals surface area contributed by atoms with E-state index < -0.39 is 0 Å². The van der Waals surface area contributed by atoms with E-state index in [1.165, 1.54) is 0 Å². The molecule has 0 aromatic carbocycles. The molecule has 5 nitrogen and oxygen atoms in total. The highest BCUT2D eigenvalue weighted by atomic mass is 32.1. The number of aromatic nitrogens is 3. The van der Waals surface area contributed by atoms with Crippen LogP contribution in [0.4, 0.5) is 0 Å². The van der Waals surface area contributed by atoms with Crippen molar-refractivity contribution >= 4 is 11.3 Å². The third-order valence-corrected chi connectivity index (χ3v) is 3.51. The fourth-order valence-corrected chi connectivity index (χ4v) is 2.06. The minimum atomic E-state index is -0.167. The summed E-state index contributed by atoms with van der Waals surface area (Å²) < 4.78 is 4.65. The zero-order valence-corrected chi connectivity index (χ0v) is 10.3. The number of nitrogens with zero attached hydrogens (tertiary/aromatic N) is 3. The van der Waals surface area contributed by atoms with Crippen molar-refractivity contribution in [1.29, 1.82) is 0 Å². The highest BCUT2D eigenvalue weighted by molar-refractivity contribution is 7.09. The minimum Gasteiger partial charge on any atom is -0.300 e. The number of hydrogen-bond acceptors (Lipinski definition) is 6. The van der Waals surface area contributed by atoms with Gasteiger partial charge >= 0.3 is 0 Å². The van der Waals surface area contributed by atoms with Crippen molar-refractivity contribution in [2.75, 3.05) is 0 Å². The third-order valence-electron chi connectivity index (χ3n) is 2.41. The lowest BCUT2D eigenvalue weighted by Gasteiger charge is -2.23. The second kappa shape index (κ2) is 4.31. The van der Waals surface area contributed by atoms with E-state index in [1.807, 2.05) is 18.5 Å². The van der Waals surface area contributed by atoms with E-state index in [4.69, 9.17) is 0 Å². The summed E-state index contributed by atoms with van der Waals surface area (Å²) in [5.41, 5.74) is 1.49. The molecular weight excluding hydrogens is 224 g/mol. The maximum Gasteiger partial charge on any atom is 0.121 e.